The molecule has 2 fully saturated rings. The number of hydrogen-bond acceptors (Lipinski definition) is 6. The summed E-state index contributed by atoms with van der Waals surface area (Å²) in [5, 5.41) is 14.1. The van der Waals surface area contributed by atoms with E-state index >= 15 is 0 Å². The van der Waals surface area contributed by atoms with E-state index in [4.69, 9.17) is 21.4 Å². The molecule has 11 heteroatoms. The molecular weight excluding hydrogens is 467 g/mol. The molecule has 34 heavy (non-hydrogen) atoms. The quantitative estimate of drug-likeness (QED) is 0.520. The van der Waals surface area contributed by atoms with E-state index in [0.717, 1.165) is 12.8 Å². The number of carboxylic acids is 1. The number of carboxylic acid groups (broad SMARTS) is 1. The first-order chi connectivity index (χ1) is 16.3. The molecule has 1 aromatic heterocycles. The molecule has 1 aromatic carbocycles. The maximum absolute atomic E-state index is 13.1. The lowest BCUT2D eigenvalue weighted by Crippen LogP contribution is -2.51. The molecule has 4 rings (SSSR count). The molecule has 0 aliphatic carbocycles. The monoisotopic (exact) mass is 490 g/mol. The first kappa shape index (κ1) is 23.7. The molecule has 0 saturated carbocycles. The highest BCUT2D eigenvalue weighted by atomic mass is 35.5. The fourth-order valence-corrected chi connectivity index (χ4v) is 4.75. The van der Waals surface area contributed by atoms with Crippen LogP contribution in [0.4, 0.5) is 10.2 Å². The topological polar surface area (TPSA) is 121 Å². The molecule has 2 saturated heterocycles. The van der Waals surface area contributed by atoms with Crippen LogP contribution in [-0.2, 0) is 9.59 Å². The molecule has 2 unspecified atom stereocenters. The van der Waals surface area contributed by atoms with Crippen LogP contribution in [0.1, 0.15) is 36.0 Å². The number of amides is 2. The van der Waals surface area contributed by atoms with Crippen molar-refractivity contribution in [3.8, 4) is 5.75 Å². The maximum atomic E-state index is 13.1. The Morgan fingerprint density at radius 3 is 2.47 bits per heavy atom. The Hall–Kier alpha value is -3.40. The number of piperidine rings is 1. The van der Waals surface area contributed by atoms with Gasteiger partial charge in [-0.2, -0.15) is 0 Å². The van der Waals surface area contributed by atoms with Crippen LogP contribution in [0.15, 0.2) is 36.5 Å². The second-order valence-electron chi connectivity index (χ2n) is 8.33. The summed E-state index contributed by atoms with van der Waals surface area (Å²) in [7, 11) is 0. The van der Waals surface area contributed by atoms with Crippen LogP contribution in [0.5, 0.6) is 5.75 Å². The van der Waals surface area contributed by atoms with E-state index in [1.165, 1.54) is 24.4 Å². The van der Waals surface area contributed by atoms with Crippen LogP contribution in [-0.4, -0.2) is 64.1 Å². The number of rotatable bonds is 8. The molecule has 2 bridgehead atoms. The van der Waals surface area contributed by atoms with Crippen LogP contribution < -0.4 is 15.4 Å². The minimum absolute atomic E-state index is 0.0370. The molecule has 9 nitrogen and oxygen atoms in total. The summed E-state index contributed by atoms with van der Waals surface area (Å²) in [4.78, 5) is 42.1. The zero-order valence-electron chi connectivity index (χ0n) is 18.2. The highest BCUT2D eigenvalue weighted by Gasteiger charge is 2.43. The van der Waals surface area contributed by atoms with Gasteiger partial charge in [0.25, 0.3) is 5.91 Å². The normalized spacial score (nSPS) is 21.1. The Kier molecular flexibility index (Phi) is 7.16. The second kappa shape index (κ2) is 10.3. The van der Waals surface area contributed by atoms with Crippen molar-refractivity contribution in [1.29, 1.82) is 0 Å². The zero-order valence-corrected chi connectivity index (χ0v) is 18.9. The second-order valence-corrected chi connectivity index (χ2v) is 8.77. The van der Waals surface area contributed by atoms with Crippen LogP contribution in [0.2, 0.25) is 5.02 Å². The number of fused-ring (bicyclic) bond motifs is 2. The van der Waals surface area contributed by atoms with Gasteiger partial charge in [-0.05, 0) is 43.2 Å². The molecule has 0 radical (unpaired) electrons. The fourth-order valence-electron chi connectivity index (χ4n) is 4.59. The molecule has 0 spiro atoms. The number of pyridine rings is 1. The molecule has 2 aromatic rings. The average Bonchev–Trinajstić information content (AvgIpc) is 3.08. The van der Waals surface area contributed by atoms with Gasteiger partial charge in [-0.3, -0.25) is 14.4 Å². The highest BCUT2D eigenvalue weighted by Crippen LogP contribution is 2.37. The number of anilines is 1. The summed E-state index contributed by atoms with van der Waals surface area (Å²) in [6, 6.07) is 7.35. The lowest BCUT2D eigenvalue weighted by atomic mass is 9.99. The Labute approximate surface area is 200 Å². The van der Waals surface area contributed by atoms with Crippen molar-refractivity contribution < 1.29 is 28.6 Å². The maximum Gasteiger partial charge on any atom is 0.322 e. The number of halogens is 2. The third kappa shape index (κ3) is 5.56. The third-order valence-corrected chi connectivity index (χ3v) is 6.21. The predicted molar refractivity (Wildman–Crippen MR) is 121 cm³/mol. The van der Waals surface area contributed by atoms with E-state index in [1.807, 2.05) is 4.90 Å². The van der Waals surface area contributed by atoms with Gasteiger partial charge in [0.2, 0.25) is 5.91 Å². The summed E-state index contributed by atoms with van der Waals surface area (Å²) in [5.41, 5.74) is 0.0518. The number of nitrogens with zero attached hydrogens (tertiary/aromatic N) is 2. The van der Waals surface area contributed by atoms with E-state index in [0.29, 0.717) is 18.6 Å². The van der Waals surface area contributed by atoms with Crippen LogP contribution >= 0.6 is 11.6 Å². The highest BCUT2D eigenvalue weighted by molar-refractivity contribution is 6.31. The predicted octanol–water partition coefficient (Wildman–Crippen LogP) is 2.70. The van der Waals surface area contributed by atoms with Crippen LogP contribution in [0.25, 0.3) is 0 Å². The standard InChI is InChI=1S/C23H24ClFN4O5/c24-13-7-19(23(33)28-12-21(31)32)22(26-10-13)27-11-20(30)29-15-3-4-16(29)9-18(8-15)34-17-5-1-14(25)2-6-17/h1-2,5-7,10,15-16,18H,3-4,8-9,11-12H2,(H,26,27)(H,28,33)(H,31,32). The number of aromatic nitrogens is 1. The molecule has 3 N–H and O–H groups in total. The van der Waals surface area contributed by atoms with E-state index in [1.54, 1.807) is 12.1 Å². The number of carbonyl (C=O) groups is 3. The number of nitrogens with one attached hydrogen (secondary N) is 2. The summed E-state index contributed by atoms with van der Waals surface area (Å²) >= 11 is 5.94. The van der Waals surface area contributed by atoms with E-state index < -0.39 is 18.4 Å². The first-order valence-corrected chi connectivity index (χ1v) is 11.3. The summed E-state index contributed by atoms with van der Waals surface area (Å²) < 4.78 is 19.1. The van der Waals surface area contributed by atoms with Crippen molar-refractivity contribution in [2.24, 2.45) is 0 Å². The third-order valence-electron chi connectivity index (χ3n) is 6.00. The molecule has 2 aliphatic rings. The molecule has 3 heterocycles. The Morgan fingerprint density at radius 1 is 1.15 bits per heavy atom. The molecular formula is C23H24ClFN4O5. The van der Waals surface area contributed by atoms with Crippen LogP contribution in [0.3, 0.4) is 0 Å². The van der Waals surface area contributed by atoms with Crippen molar-refractivity contribution >= 4 is 35.2 Å². The van der Waals surface area contributed by atoms with Gasteiger partial charge < -0.3 is 25.4 Å². The minimum Gasteiger partial charge on any atom is -0.490 e. The largest absolute Gasteiger partial charge is 0.490 e. The smallest absolute Gasteiger partial charge is 0.322 e. The molecule has 2 aliphatic heterocycles. The number of ether oxygens (including phenoxy) is 1. The van der Waals surface area contributed by atoms with Gasteiger partial charge in [-0.1, -0.05) is 11.6 Å². The summed E-state index contributed by atoms with van der Waals surface area (Å²) in [5.74, 6) is -1.54. The summed E-state index contributed by atoms with van der Waals surface area (Å²) in [6.07, 6.45) is 4.40. The van der Waals surface area contributed by atoms with Crippen molar-refractivity contribution in [3.63, 3.8) is 0 Å². The summed E-state index contributed by atoms with van der Waals surface area (Å²) in [6.45, 7) is -0.633. The van der Waals surface area contributed by atoms with Gasteiger partial charge in [-0.25, -0.2) is 9.37 Å². The van der Waals surface area contributed by atoms with Crippen molar-refractivity contribution in [2.75, 3.05) is 18.4 Å². The molecule has 2 atom stereocenters. The number of carbonyl (C=O) groups excluding carboxylic acids is 2. The fraction of sp³-hybridized carbons (Fsp3) is 0.391. The Morgan fingerprint density at radius 2 is 1.82 bits per heavy atom. The van der Waals surface area contributed by atoms with Gasteiger partial charge in [0.15, 0.2) is 0 Å². The number of aliphatic carboxylic acids is 1. The Bertz CT molecular complexity index is 1070. The average molecular weight is 491 g/mol. The van der Waals surface area contributed by atoms with Crippen molar-refractivity contribution in [3.05, 3.63) is 52.9 Å². The molecule has 180 valence electrons. The van der Waals surface area contributed by atoms with E-state index in [9.17, 15) is 18.8 Å². The SMILES string of the molecule is O=C(O)CNC(=O)c1cc(Cl)cnc1NCC(=O)N1C2CCC1CC(Oc1ccc(F)cc1)C2. The lowest BCUT2D eigenvalue weighted by Gasteiger charge is -2.39. The van der Waals surface area contributed by atoms with E-state index in [-0.39, 0.29) is 52.9 Å². The van der Waals surface area contributed by atoms with Crippen molar-refractivity contribution in [2.45, 2.75) is 43.9 Å². The van der Waals surface area contributed by atoms with Gasteiger partial charge in [0, 0.05) is 31.1 Å². The molecule has 2 amide bonds. The Balaban J connectivity index is 1.36. The number of hydrogen-bond donors (Lipinski definition) is 3. The minimum atomic E-state index is -1.18. The van der Waals surface area contributed by atoms with Gasteiger partial charge >= 0.3 is 5.97 Å². The van der Waals surface area contributed by atoms with Crippen LogP contribution in [0, 0.1) is 5.82 Å². The van der Waals surface area contributed by atoms with E-state index in [2.05, 4.69) is 15.6 Å². The number of benzene rings is 1. The zero-order chi connectivity index (χ0) is 24.2. The van der Waals surface area contributed by atoms with Crippen molar-refractivity contribution in [1.82, 2.24) is 15.2 Å². The van der Waals surface area contributed by atoms with Gasteiger partial charge in [0.1, 0.15) is 30.0 Å². The van der Waals surface area contributed by atoms with Gasteiger partial charge in [-0.15, -0.1) is 0 Å². The van der Waals surface area contributed by atoms with Gasteiger partial charge in [0.05, 0.1) is 17.1 Å². The lowest BCUT2D eigenvalue weighted by molar-refractivity contribution is -0.136. The first-order valence-electron chi connectivity index (χ1n) is 10.9.